The van der Waals surface area contributed by atoms with Gasteiger partial charge in [-0.1, -0.05) is 24.5 Å². The average molecular weight is 649 g/mol. The lowest BCUT2D eigenvalue weighted by Crippen LogP contribution is -2.35. The van der Waals surface area contributed by atoms with Crippen LogP contribution in [0.25, 0.3) is 11.0 Å². The molecule has 20 heteroatoms. The molecule has 0 radical (unpaired) electrons. The Balaban J connectivity index is 1.28. The van der Waals surface area contributed by atoms with Crippen LogP contribution in [0.3, 0.4) is 0 Å². The second-order valence-electron chi connectivity index (χ2n) is 9.73. The van der Waals surface area contributed by atoms with Gasteiger partial charge in [-0.05, 0) is 12.5 Å². The quantitative estimate of drug-likeness (QED) is 0.203. The number of rotatable bonds is 3. The molecule has 2 bridgehead atoms. The normalized spacial score (nSPS) is 38.1. The minimum atomic E-state index is -4.14. The minimum Gasteiger partial charge on any atom is -0.474 e. The van der Waals surface area contributed by atoms with Gasteiger partial charge < -0.3 is 29.4 Å². The van der Waals surface area contributed by atoms with E-state index in [4.69, 9.17) is 33.3 Å². The molecule has 1 saturated carbocycles. The van der Waals surface area contributed by atoms with Gasteiger partial charge in [0.05, 0.1) is 24.7 Å². The fourth-order valence-electron chi connectivity index (χ4n) is 5.16. The van der Waals surface area contributed by atoms with Crippen LogP contribution in [0.15, 0.2) is 35.6 Å². The smallest absolute Gasteiger partial charge is 0.386 e. The van der Waals surface area contributed by atoms with Gasteiger partial charge in [0.1, 0.15) is 30.7 Å². The first-order valence-electron chi connectivity index (χ1n) is 12.4. The molecule has 0 unspecified atom stereocenters. The van der Waals surface area contributed by atoms with Crippen molar-refractivity contribution in [2.75, 3.05) is 18.9 Å². The lowest BCUT2D eigenvalue weighted by atomic mass is 10.1. The van der Waals surface area contributed by atoms with Crippen LogP contribution in [-0.4, -0.2) is 73.3 Å². The van der Waals surface area contributed by atoms with E-state index in [1.54, 1.807) is 6.07 Å². The maximum atomic E-state index is 13.4. The van der Waals surface area contributed by atoms with Gasteiger partial charge in [-0.2, -0.15) is 4.98 Å². The third-order valence-corrected chi connectivity index (χ3v) is 10.2. The van der Waals surface area contributed by atoms with Crippen LogP contribution in [0.5, 0.6) is 5.88 Å². The SMILES string of the molecule is Nc1nc2c(ccn2[C@@H]2O[C@@H]3CO[P@@](=O)(S)O[C@H]4C[C@H](Oc5ccncn5)C[C@@H]4CO[P@@](=O)(S)O[C@@H]2[C@@H]3O)c(=O)[nH]1. The highest BCUT2D eigenvalue weighted by Gasteiger charge is 2.51. The molecule has 3 aromatic heterocycles. The standard InChI is InChI=1S/C21H26N6O10P2S2/c22-21-25-18-12(19(29)26-21)2-4-27(18)20-17-16(28)14(35-20)8-33-38(30,40)36-13-6-11(34-15-1-3-23-9-24-15)5-10(13)7-32-39(31,41)37-17/h1-4,9-11,13-14,16-17,20,28H,5-8H2,(H,30,40)(H,31,41)(H3,22,25,26,29)/t10-,11-,13+,14-,16-,17-,20-,38-,39-/m1/s1. The lowest BCUT2D eigenvalue weighted by Gasteiger charge is -2.26. The summed E-state index contributed by atoms with van der Waals surface area (Å²) in [4.78, 5) is 26.8. The summed E-state index contributed by atoms with van der Waals surface area (Å²) in [5.41, 5.74) is 5.36. The molecule has 0 aromatic carbocycles. The van der Waals surface area contributed by atoms with Crippen molar-refractivity contribution in [1.29, 1.82) is 0 Å². The van der Waals surface area contributed by atoms with E-state index < -0.39 is 68.4 Å². The Bertz CT molecular complexity index is 1580. The molecule has 9 atom stereocenters. The molecule has 2 aliphatic heterocycles. The van der Waals surface area contributed by atoms with Crippen molar-refractivity contribution < 1.29 is 41.8 Å². The van der Waals surface area contributed by atoms with E-state index in [1.165, 1.54) is 29.4 Å². The number of aliphatic hydroxyl groups excluding tert-OH is 1. The summed E-state index contributed by atoms with van der Waals surface area (Å²) in [7, 11) is 0. The molecule has 0 amide bonds. The molecule has 4 N–H and O–H groups in total. The van der Waals surface area contributed by atoms with Gasteiger partial charge in [0, 0.05) is 30.8 Å². The molecule has 6 rings (SSSR count). The zero-order valence-electron chi connectivity index (χ0n) is 21.0. The van der Waals surface area contributed by atoms with E-state index in [9.17, 15) is 19.0 Å². The number of nitrogen functional groups attached to an aromatic ring is 1. The maximum absolute atomic E-state index is 13.4. The van der Waals surface area contributed by atoms with E-state index in [-0.39, 0.29) is 30.0 Å². The number of nitrogens with two attached hydrogens (primary N) is 1. The maximum Gasteiger partial charge on any atom is 0.386 e. The van der Waals surface area contributed by atoms with Gasteiger partial charge in [-0.15, -0.1) is 0 Å². The van der Waals surface area contributed by atoms with Crippen molar-refractivity contribution in [3.8, 4) is 5.88 Å². The molecule has 1 aliphatic carbocycles. The third kappa shape index (κ3) is 6.22. The minimum absolute atomic E-state index is 0.126. The Morgan fingerprint density at radius 3 is 2.68 bits per heavy atom. The van der Waals surface area contributed by atoms with Crippen LogP contribution >= 0.6 is 38.1 Å². The third-order valence-electron chi connectivity index (χ3n) is 6.99. The summed E-state index contributed by atoms with van der Waals surface area (Å²) < 4.78 is 62.6. The fourth-order valence-corrected chi connectivity index (χ4v) is 8.22. The number of ether oxygens (including phenoxy) is 2. The van der Waals surface area contributed by atoms with Gasteiger partial charge in [-0.3, -0.25) is 23.3 Å². The number of thiol groups is 2. The van der Waals surface area contributed by atoms with Crippen LogP contribution in [0.4, 0.5) is 5.95 Å². The summed E-state index contributed by atoms with van der Waals surface area (Å²) in [5, 5.41) is 11.3. The van der Waals surface area contributed by atoms with E-state index in [0.29, 0.717) is 12.3 Å². The number of hydrogen-bond donors (Lipinski definition) is 5. The van der Waals surface area contributed by atoms with Crippen molar-refractivity contribution in [3.05, 3.63) is 41.2 Å². The van der Waals surface area contributed by atoms with Crippen molar-refractivity contribution >= 4 is 55.1 Å². The van der Waals surface area contributed by atoms with Gasteiger partial charge >= 0.3 is 13.6 Å². The van der Waals surface area contributed by atoms with Crippen molar-refractivity contribution in [3.63, 3.8) is 0 Å². The van der Waals surface area contributed by atoms with Crippen LogP contribution in [0.2, 0.25) is 0 Å². The van der Waals surface area contributed by atoms with Gasteiger partial charge in [0.25, 0.3) is 5.56 Å². The predicted octanol–water partition coefficient (Wildman–Crippen LogP) is 2.11. The molecule has 2 saturated heterocycles. The van der Waals surface area contributed by atoms with E-state index >= 15 is 0 Å². The van der Waals surface area contributed by atoms with E-state index in [2.05, 4.69) is 44.4 Å². The zero-order chi connectivity index (χ0) is 28.9. The molecule has 0 spiro atoms. The summed E-state index contributed by atoms with van der Waals surface area (Å²) >= 11 is 8.27. The molecular formula is C21H26N6O10P2S2. The average Bonchev–Trinajstić information content (AvgIpc) is 3.57. The Hall–Kier alpha value is -1.98. The lowest BCUT2D eigenvalue weighted by molar-refractivity contribution is -0.0485. The molecular weight excluding hydrogens is 622 g/mol. The highest BCUT2D eigenvalue weighted by Crippen LogP contribution is 2.60. The second-order valence-corrected chi connectivity index (χ2v) is 15.5. The molecule has 5 heterocycles. The number of fused-ring (bicyclic) bond motifs is 4. The zero-order valence-corrected chi connectivity index (χ0v) is 24.6. The van der Waals surface area contributed by atoms with Crippen molar-refractivity contribution in [2.24, 2.45) is 5.92 Å². The Labute approximate surface area is 242 Å². The number of H-pyrrole nitrogens is 1. The number of anilines is 1. The van der Waals surface area contributed by atoms with Crippen LogP contribution in [0, 0.1) is 5.92 Å². The van der Waals surface area contributed by atoms with E-state index in [1.807, 2.05) is 0 Å². The Kier molecular flexibility index (Phi) is 8.00. The van der Waals surface area contributed by atoms with Crippen LogP contribution < -0.4 is 16.0 Å². The first kappa shape index (κ1) is 29.1. The van der Waals surface area contributed by atoms with Crippen molar-refractivity contribution in [2.45, 2.75) is 49.6 Å². The van der Waals surface area contributed by atoms with Gasteiger partial charge in [-0.25, -0.2) is 19.1 Å². The van der Waals surface area contributed by atoms with Crippen LogP contribution in [0.1, 0.15) is 19.1 Å². The topological polar surface area (TPSA) is 212 Å². The molecule has 3 aromatic rings. The summed E-state index contributed by atoms with van der Waals surface area (Å²) in [5.74, 6) is -0.264. The van der Waals surface area contributed by atoms with Crippen molar-refractivity contribution in [1.82, 2.24) is 24.5 Å². The summed E-state index contributed by atoms with van der Waals surface area (Å²) in [6.45, 7) is -8.74. The fraction of sp³-hybridized carbons (Fsp3) is 0.524. The number of hydrogen-bond acceptors (Lipinski definition) is 14. The highest BCUT2D eigenvalue weighted by atomic mass is 32.7. The second kappa shape index (κ2) is 11.3. The van der Waals surface area contributed by atoms with Gasteiger partial charge in [0.15, 0.2) is 11.9 Å². The molecule has 3 aliphatic rings. The number of aliphatic hydroxyl groups is 1. The number of aromatic amines is 1. The monoisotopic (exact) mass is 648 g/mol. The largest absolute Gasteiger partial charge is 0.474 e. The Morgan fingerprint density at radius 1 is 1.12 bits per heavy atom. The first-order chi connectivity index (χ1) is 19.5. The summed E-state index contributed by atoms with van der Waals surface area (Å²) in [6.07, 6.45) is -1.22. The summed E-state index contributed by atoms with van der Waals surface area (Å²) in [6, 6.07) is 3.07. The number of nitrogens with one attached hydrogen (secondary N) is 1. The predicted molar refractivity (Wildman–Crippen MR) is 149 cm³/mol. The molecule has 16 nitrogen and oxygen atoms in total. The molecule has 222 valence electrons. The number of aromatic nitrogens is 5. The Morgan fingerprint density at radius 2 is 1.90 bits per heavy atom. The first-order valence-corrected chi connectivity index (χ1v) is 17.8. The van der Waals surface area contributed by atoms with Crippen LogP contribution in [-0.2, 0) is 32.0 Å². The molecule has 3 fully saturated rings. The number of nitrogens with zero attached hydrogens (tertiary/aromatic N) is 4. The van der Waals surface area contributed by atoms with Gasteiger partial charge in [0.2, 0.25) is 11.8 Å². The van der Waals surface area contributed by atoms with E-state index in [0.717, 1.165) is 0 Å². The highest BCUT2D eigenvalue weighted by molar-refractivity contribution is 8.44. The molecule has 41 heavy (non-hydrogen) atoms.